The van der Waals surface area contributed by atoms with Crippen molar-refractivity contribution in [3.05, 3.63) is 64.7 Å². The summed E-state index contributed by atoms with van der Waals surface area (Å²) in [5.74, 6) is 0. The molecule has 0 aliphatic carbocycles. The lowest BCUT2D eigenvalue weighted by molar-refractivity contribution is -0.138. The van der Waals surface area contributed by atoms with Gasteiger partial charge in [0.05, 0.1) is 21.8 Å². The minimum absolute atomic E-state index is 0.283. The van der Waals surface area contributed by atoms with Crippen molar-refractivity contribution in [3.8, 4) is 0 Å². The molecule has 1 unspecified atom stereocenters. The lowest BCUT2D eigenvalue weighted by Crippen LogP contribution is -2.34. The van der Waals surface area contributed by atoms with E-state index in [0.29, 0.717) is 6.54 Å². The molecule has 3 nitrogen and oxygen atoms in total. The van der Waals surface area contributed by atoms with Crippen molar-refractivity contribution in [2.75, 3.05) is 26.2 Å². The Bertz CT molecular complexity index is 881. The van der Waals surface area contributed by atoms with Gasteiger partial charge < -0.3 is 5.32 Å². The van der Waals surface area contributed by atoms with Gasteiger partial charge >= 0.3 is 6.18 Å². The predicted octanol–water partition coefficient (Wildman–Crippen LogP) is 4.70. The minimum Gasteiger partial charge on any atom is -0.315 e. The fraction of sp³-hybridized carbons (Fsp3) is 0.350. The van der Waals surface area contributed by atoms with Crippen molar-refractivity contribution in [2.45, 2.75) is 18.6 Å². The Labute approximate surface area is 159 Å². The molecule has 1 aliphatic heterocycles. The van der Waals surface area contributed by atoms with Gasteiger partial charge in [-0.05, 0) is 36.7 Å². The molecule has 7 heteroatoms. The van der Waals surface area contributed by atoms with Gasteiger partial charge in [-0.15, -0.1) is 11.3 Å². The number of benzene rings is 2. The SMILES string of the molecule is FC(F)(F)c1ccccc1C(c1nc2ccccc2s1)N1CCCNCC1. The monoisotopic (exact) mass is 391 g/mol. The third kappa shape index (κ3) is 3.85. The van der Waals surface area contributed by atoms with Crippen LogP contribution in [0.3, 0.4) is 0 Å². The Morgan fingerprint density at radius 1 is 1.00 bits per heavy atom. The van der Waals surface area contributed by atoms with Crippen molar-refractivity contribution < 1.29 is 13.2 Å². The van der Waals surface area contributed by atoms with Gasteiger partial charge in [0, 0.05) is 19.6 Å². The molecule has 0 spiro atoms. The highest BCUT2D eigenvalue weighted by Gasteiger charge is 2.38. The summed E-state index contributed by atoms with van der Waals surface area (Å²) in [6, 6.07) is 13.1. The summed E-state index contributed by atoms with van der Waals surface area (Å²) in [6.07, 6.45) is -3.49. The van der Waals surface area contributed by atoms with Crippen molar-refractivity contribution in [1.29, 1.82) is 0 Å². The molecule has 2 aromatic carbocycles. The normalized spacial score (nSPS) is 17.7. The summed E-state index contributed by atoms with van der Waals surface area (Å²) >= 11 is 1.48. The van der Waals surface area contributed by atoms with Gasteiger partial charge in [-0.2, -0.15) is 13.2 Å². The summed E-state index contributed by atoms with van der Waals surface area (Å²) in [6.45, 7) is 3.06. The lowest BCUT2D eigenvalue weighted by Gasteiger charge is -2.31. The third-order valence-electron chi connectivity index (χ3n) is 4.84. The Hall–Kier alpha value is -1.96. The zero-order valence-corrected chi connectivity index (χ0v) is 15.5. The standard InChI is InChI=1S/C20H20F3N3S/c21-20(22,23)15-7-2-1-6-14(15)18(26-12-5-10-24-11-13-26)19-25-16-8-3-4-9-17(16)27-19/h1-4,6-9,18,24H,5,10-13H2. The van der Waals surface area contributed by atoms with Gasteiger partial charge in [0.2, 0.25) is 0 Å². The maximum atomic E-state index is 13.7. The number of para-hydroxylation sites is 1. The van der Waals surface area contributed by atoms with Gasteiger partial charge in [0.25, 0.3) is 0 Å². The first-order valence-corrected chi connectivity index (χ1v) is 9.82. The average Bonchev–Trinajstić information content (AvgIpc) is 2.89. The molecule has 1 fully saturated rings. The van der Waals surface area contributed by atoms with E-state index in [-0.39, 0.29) is 5.56 Å². The molecule has 1 aromatic heterocycles. The Balaban J connectivity index is 1.86. The number of rotatable bonds is 3. The van der Waals surface area contributed by atoms with Crippen molar-refractivity contribution >= 4 is 21.6 Å². The number of fused-ring (bicyclic) bond motifs is 1. The molecular formula is C20H20F3N3S. The van der Waals surface area contributed by atoms with E-state index < -0.39 is 17.8 Å². The molecule has 2 heterocycles. The maximum Gasteiger partial charge on any atom is 0.416 e. The topological polar surface area (TPSA) is 28.2 Å². The number of hydrogen-bond acceptors (Lipinski definition) is 4. The highest BCUT2D eigenvalue weighted by Crippen LogP contribution is 2.41. The van der Waals surface area contributed by atoms with Crippen LogP contribution >= 0.6 is 11.3 Å². The smallest absolute Gasteiger partial charge is 0.315 e. The van der Waals surface area contributed by atoms with Crippen LogP contribution in [-0.2, 0) is 6.18 Å². The largest absolute Gasteiger partial charge is 0.416 e. The van der Waals surface area contributed by atoms with Gasteiger partial charge in [0.15, 0.2) is 0 Å². The number of hydrogen-bond donors (Lipinski definition) is 1. The summed E-state index contributed by atoms with van der Waals surface area (Å²) in [5, 5.41) is 4.04. The van der Waals surface area contributed by atoms with Gasteiger partial charge in [-0.3, -0.25) is 4.90 Å². The van der Waals surface area contributed by atoms with Crippen LogP contribution in [0.25, 0.3) is 10.2 Å². The van der Waals surface area contributed by atoms with Gasteiger partial charge in [-0.1, -0.05) is 30.3 Å². The molecule has 1 N–H and O–H groups in total. The van der Waals surface area contributed by atoms with Crippen LogP contribution in [0.4, 0.5) is 13.2 Å². The van der Waals surface area contributed by atoms with Crippen LogP contribution in [0.1, 0.15) is 28.6 Å². The number of halogens is 3. The Kier molecular flexibility index (Phi) is 5.16. The summed E-state index contributed by atoms with van der Waals surface area (Å²) < 4.78 is 42.2. The van der Waals surface area contributed by atoms with Crippen LogP contribution in [0, 0.1) is 0 Å². The second-order valence-corrected chi connectivity index (χ2v) is 7.71. The second-order valence-electron chi connectivity index (χ2n) is 6.65. The molecule has 1 saturated heterocycles. The third-order valence-corrected chi connectivity index (χ3v) is 5.93. The first-order chi connectivity index (χ1) is 13.0. The average molecular weight is 391 g/mol. The highest BCUT2D eigenvalue weighted by molar-refractivity contribution is 7.18. The van der Waals surface area contributed by atoms with Crippen LogP contribution in [-0.4, -0.2) is 36.1 Å². The van der Waals surface area contributed by atoms with E-state index in [2.05, 4.69) is 10.2 Å². The molecule has 4 rings (SSSR count). The fourth-order valence-electron chi connectivity index (χ4n) is 3.61. The van der Waals surface area contributed by atoms with Crippen molar-refractivity contribution in [3.63, 3.8) is 0 Å². The molecule has 3 aromatic rings. The maximum absolute atomic E-state index is 13.7. The van der Waals surface area contributed by atoms with E-state index in [0.717, 1.165) is 41.3 Å². The molecule has 0 amide bonds. The summed E-state index contributed by atoms with van der Waals surface area (Å²) in [7, 11) is 0. The predicted molar refractivity (Wildman–Crippen MR) is 102 cm³/mol. The van der Waals surface area contributed by atoms with Crippen LogP contribution < -0.4 is 5.32 Å². The quantitative estimate of drug-likeness (QED) is 0.702. The van der Waals surface area contributed by atoms with E-state index in [4.69, 9.17) is 4.98 Å². The van der Waals surface area contributed by atoms with E-state index in [1.807, 2.05) is 24.3 Å². The van der Waals surface area contributed by atoms with Crippen LogP contribution in [0.15, 0.2) is 48.5 Å². The summed E-state index contributed by atoms with van der Waals surface area (Å²) in [4.78, 5) is 6.83. The highest BCUT2D eigenvalue weighted by atomic mass is 32.1. The molecular weight excluding hydrogens is 371 g/mol. The zero-order chi connectivity index (χ0) is 18.9. The minimum atomic E-state index is -4.39. The first kappa shape index (κ1) is 18.4. The van der Waals surface area contributed by atoms with Gasteiger partial charge in [0.1, 0.15) is 5.01 Å². The van der Waals surface area contributed by atoms with Crippen molar-refractivity contribution in [2.24, 2.45) is 0 Å². The first-order valence-electron chi connectivity index (χ1n) is 9.00. The summed E-state index contributed by atoms with van der Waals surface area (Å²) in [5.41, 5.74) is 0.539. The number of nitrogens with one attached hydrogen (secondary N) is 1. The van der Waals surface area contributed by atoms with E-state index in [1.165, 1.54) is 23.5 Å². The van der Waals surface area contributed by atoms with E-state index in [9.17, 15) is 13.2 Å². The number of alkyl halides is 3. The molecule has 0 bridgehead atoms. The molecule has 1 atom stereocenters. The van der Waals surface area contributed by atoms with Crippen LogP contribution in [0.5, 0.6) is 0 Å². The number of nitrogens with zero attached hydrogens (tertiary/aromatic N) is 2. The number of aromatic nitrogens is 1. The second kappa shape index (κ2) is 7.58. The Morgan fingerprint density at radius 2 is 1.78 bits per heavy atom. The lowest BCUT2D eigenvalue weighted by atomic mass is 9.98. The molecule has 0 saturated carbocycles. The van der Waals surface area contributed by atoms with E-state index in [1.54, 1.807) is 12.1 Å². The zero-order valence-electron chi connectivity index (χ0n) is 14.7. The molecule has 142 valence electrons. The van der Waals surface area contributed by atoms with Crippen molar-refractivity contribution in [1.82, 2.24) is 15.2 Å². The Morgan fingerprint density at radius 3 is 2.59 bits per heavy atom. The molecule has 1 aliphatic rings. The molecule has 27 heavy (non-hydrogen) atoms. The van der Waals surface area contributed by atoms with Gasteiger partial charge in [-0.25, -0.2) is 4.98 Å². The fourth-order valence-corrected chi connectivity index (χ4v) is 4.73. The van der Waals surface area contributed by atoms with Crippen LogP contribution in [0.2, 0.25) is 0 Å². The van der Waals surface area contributed by atoms with E-state index >= 15 is 0 Å². The molecule has 0 radical (unpaired) electrons. The number of thiazole rings is 1.